The topological polar surface area (TPSA) is 87.7 Å². The molecule has 7 heteroatoms. The second kappa shape index (κ2) is 17.6. The molecule has 232 valence electrons. The highest BCUT2D eigenvalue weighted by Crippen LogP contribution is 2.25. The van der Waals surface area contributed by atoms with Gasteiger partial charge in [0.15, 0.2) is 0 Å². The third-order valence-electron chi connectivity index (χ3n) is 6.99. The number of carbonyl (C=O) groups excluding carboxylic acids is 3. The van der Waals surface area contributed by atoms with Gasteiger partial charge in [0.1, 0.15) is 17.7 Å². The maximum Gasteiger partial charge on any atom is 0.408 e. The van der Waals surface area contributed by atoms with Crippen LogP contribution >= 0.6 is 0 Å². The summed E-state index contributed by atoms with van der Waals surface area (Å²) in [4.78, 5) is 42.8. The number of nitrogens with one attached hydrogen (secondary N) is 2. The van der Waals surface area contributed by atoms with Crippen molar-refractivity contribution in [1.29, 1.82) is 0 Å². The van der Waals surface area contributed by atoms with Crippen LogP contribution < -0.4 is 10.6 Å². The first-order valence-electron chi connectivity index (χ1n) is 15.6. The maximum absolute atomic E-state index is 14.4. The molecular formula is C35H53N3O4. The van der Waals surface area contributed by atoms with Gasteiger partial charge in [-0.15, -0.1) is 0 Å². The highest BCUT2D eigenvalue weighted by molar-refractivity contribution is 5.92. The molecule has 0 saturated heterocycles. The van der Waals surface area contributed by atoms with Crippen LogP contribution in [0.25, 0.3) is 0 Å². The molecule has 0 aliphatic rings. The SMILES string of the molecule is CCCCCCCCN(C(=O)C(CC(C)C)NC(=O)OC(C)(C)C)C(C(=O)NCc1ccccc1)c1ccc(C)cc1. The molecule has 0 spiro atoms. The molecule has 2 aromatic rings. The molecule has 0 fully saturated rings. The van der Waals surface area contributed by atoms with Gasteiger partial charge in [-0.25, -0.2) is 4.79 Å². The van der Waals surface area contributed by atoms with Crippen molar-refractivity contribution < 1.29 is 19.1 Å². The smallest absolute Gasteiger partial charge is 0.408 e. The number of amides is 3. The Kier molecular flexibility index (Phi) is 14.6. The number of benzene rings is 2. The molecular weight excluding hydrogens is 526 g/mol. The Balaban J connectivity index is 2.44. The predicted molar refractivity (Wildman–Crippen MR) is 170 cm³/mol. The minimum Gasteiger partial charge on any atom is -0.444 e. The van der Waals surface area contributed by atoms with E-state index in [-0.39, 0.29) is 17.7 Å². The summed E-state index contributed by atoms with van der Waals surface area (Å²) in [5.74, 6) is -0.388. The number of hydrogen-bond acceptors (Lipinski definition) is 4. The van der Waals surface area contributed by atoms with E-state index >= 15 is 0 Å². The van der Waals surface area contributed by atoms with Gasteiger partial charge in [0.25, 0.3) is 0 Å². The molecule has 3 amide bonds. The average molecular weight is 580 g/mol. The van der Waals surface area contributed by atoms with Gasteiger partial charge in [-0.05, 0) is 57.6 Å². The Bertz CT molecular complexity index is 1090. The molecule has 2 unspecified atom stereocenters. The van der Waals surface area contributed by atoms with E-state index in [1.807, 2.05) is 75.4 Å². The minimum absolute atomic E-state index is 0.134. The van der Waals surface area contributed by atoms with Crippen LogP contribution in [-0.2, 0) is 20.9 Å². The number of ether oxygens (including phenoxy) is 1. The van der Waals surface area contributed by atoms with Crippen LogP contribution in [0.4, 0.5) is 4.79 Å². The van der Waals surface area contributed by atoms with Crippen molar-refractivity contribution in [1.82, 2.24) is 15.5 Å². The fourth-order valence-electron chi connectivity index (χ4n) is 4.88. The highest BCUT2D eigenvalue weighted by Gasteiger charge is 2.36. The molecule has 0 heterocycles. The van der Waals surface area contributed by atoms with Crippen molar-refractivity contribution in [3.63, 3.8) is 0 Å². The normalized spacial score (nSPS) is 12.9. The summed E-state index contributed by atoms with van der Waals surface area (Å²) in [5.41, 5.74) is 2.09. The van der Waals surface area contributed by atoms with E-state index in [1.54, 1.807) is 25.7 Å². The van der Waals surface area contributed by atoms with Crippen LogP contribution in [0.2, 0.25) is 0 Å². The number of rotatable bonds is 16. The van der Waals surface area contributed by atoms with Crippen LogP contribution in [0.5, 0.6) is 0 Å². The Hall–Kier alpha value is -3.35. The van der Waals surface area contributed by atoms with Crippen molar-refractivity contribution in [3.8, 4) is 0 Å². The van der Waals surface area contributed by atoms with E-state index in [2.05, 4.69) is 17.6 Å². The lowest BCUT2D eigenvalue weighted by Gasteiger charge is -2.35. The first-order valence-corrected chi connectivity index (χ1v) is 15.6. The van der Waals surface area contributed by atoms with Crippen LogP contribution in [-0.4, -0.2) is 41.0 Å². The van der Waals surface area contributed by atoms with E-state index in [1.165, 1.54) is 6.42 Å². The van der Waals surface area contributed by atoms with Gasteiger partial charge < -0.3 is 20.3 Å². The zero-order chi connectivity index (χ0) is 31.1. The third kappa shape index (κ3) is 12.7. The summed E-state index contributed by atoms with van der Waals surface area (Å²) in [6, 6.07) is 15.8. The number of aryl methyl sites for hydroxylation is 1. The summed E-state index contributed by atoms with van der Waals surface area (Å²) in [6.07, 6.45) is 6.10. The van der Waals surface area contributed by atoms with Gasteiger partial charge in [-0.3, -0.25) is 9.59 Å². The molecule has 0 radical (unpaired) electrons. The molecule has 0 aromatic heterocycles. The molecule has 0 saturated carbocycles. The van der Waals surface area contributed by atoms with Gasteiger partial charge in [-0.1, -0.05) is 113 Å². The van der Waals surface area contributed by atoms with Gasteiger partial charge in [0, 0.05) is 13.1 Å². The monoisotopic (exact) mass is 579 g/mol. The lowest BCUT2D eigenvalue weighted by Crippen LogP contribution is -2.53. The maximum atomic E-state index is 14.4. The van der Waals surface area contributed by atoms with E-state index in [4.69, 9.17) is 4.74 Å². The molecule has 2 aromatic carbocycles. The minimum atomic E-state index is -0.840. The molecule has 7 nitrogen and oxygen atoms in total. The molecule has 2 rings (SSSR count). The van der Waals surface area contributed by atoms with E-state index in [9.17, 15) is 14.4 Å². The molecule has 2 atom stereocenters. The van der Waals surface area contributed by atoms with Gasteiger partial charge in [0.2, 0.25) is 11.8 Å². The van der Waals surface area contributed by atoms with Crippen molar-refractivity contribution in [2.75, 3.05) is 6.54 Å². The predicted octanol–water partition coefficient (Wildman–Crippen LogP) is 7.48. The first-order chi connectivity index (χ1) is 19.9. The number of carbonyl (C=O) groups is 3. The summed E-state index contributed by atoms with van der Waals surface area (Å²) >= 11 is 0. The largest absolute Gasteiger partial charge is 0.444 e. The Morgan fingerprint density at radius 3 is 2.10 bits per heavy atom. The highest BCUT2D eigenvalue weighted by atomic mass is 16.6. The molecule has 2 N–H and O–H groups in total. The van der Waals surface area contributed by atoms with Crippen LogP contribution in [0, 0.1) is 12.8 Å². The van der Waals surface area contributed by atoms with Gasteiger partial charge in [0.05, 0.1) is 0 Å². The zero-order valence-corrected chi connectivity index (χ0v) is 26.9. The van der Waals surface area contributed by atoms with E-state index in [0.29, 0.717) is 19.5 Å². The Labute approximate surface area is 253 Å². The van der Waals surface area contributed by atoms with Crippen LogP contribution in [0.15, 0.2) is 54.6 Å². The molecule has 0 aliphatic heterocycles. The Morgan fingerprint density at radius 1 is 0.881 bits per heavy atom. The van der Waals surface area contributed by atoms with Crippen LogP contribution in [0.1, 0.15) is 109 Å². The van der Waals surface area contributed by atoms with Crippen molar-refractivity contribution in [3.05, 3.63) is 71.3 Å². The second-order valence-corrected chi connectivity index (χ2v) is 12.6. The first kappa shape index (κ1) is 34.8. The zero-order valence-electron chi connectivity index (χ0n) is 26.9. The van der Waals surface area contributed by atoms with Crippen molar-refractivity contribution in [2.24, 2.45) is 5.92 Å². The van der Waals surface area contributed by atoms with Gasteiger partial charge >= 0.3 is 6.09 Å². The van der Waals surface area contributed by atoms with E-state index < -0.39 is 23.8 Å². The molecule has 0 bridgehead atoms. The average Bonchev–Trinajstić information content (AvgIpc) is 2.92. The van der Waals surface area contributed by atoms with Gasteiger partial charge in [-0.2, -0.15) is 0 Å². The summed E-state index contributed by atoms with van der Waals surface area (Å²) in [7, 11) is 0. The fourth-order valence-corrected chi connectivity index (χ4v) is 4.88. The van der Waals surface area contributed by atoms with Crippen molar-refractivity contribution >= 4 is 17.9 Å². The van der Waals surface area contributed by atoms with Crippen molar-refractivity contribution in [2.45, 2.75) is 118 Å². The lowest BCUT2D eigenvalue weighted by atomic mass is 9.98. The molecule has 42 heavy (non-hydrogen) atoms. The lowest BCUT2D eigenvalue weighted by molar-refractivity contribution is -0.143. The number of nitrogens with zero attached hydrogens (tertiary/aromatic N) is 1. The fraction of sp³-hybridized carbons (Fsp3) is 0.571. The quantitative estimate of drug-likeness (QED) is 0.202. The second-order valence-electron chi connectivity index (χ2n) is 12.6. The standard InChI is InChI=1S/C35H53N3O4/c1-8-9-10-11-12-16-23-38(33(40)30(24-26(2)3)37-34(41)42-35(5,6)7)31(29-21-19-27(4)20-22-29)32(39)36-25-28-17-14-13-15-18-28/h13-15,17-22,26,30-31H,8-12,16,23-25H2,1-7H3,(H,36,39)(H,37,41). The third-order valence-corrected chi connectivity index (χ3v) is 6.99. The summed E-state index contributed by atoms with van der Waals surface area (Å²) in [5, 5.41) is 5.90. The summed E-state index contributed by atoms with van der Waals surface area (Å²) in [6.45, 7) is 14.4. The summed E-state index contributed by atoms with van der Waals surface area (Å²) < 4.78 is 5.51. The number of unbranched alkanes of at least 4 members (excludes halogenated alkanes) is 5. The number of hydrogen-bond donors (Lipinski definition) is 2. The molecule has 0 aliphatic carbocycles. The number of alkyl carbamates (subject to hydrolysis) is 1. The Morgan fingerprint density at radius 2 is 1.50 bits per heavy atom. The van der Waals surface area contributed by atoms with Crippen LogP contribution in [0.3, 0.4) is 0 Å². The van der Waals surface area contributed by atoms with E-state index in [0.717, 1.165) is 48.8 Å².